The van der Waals surface area contributed by atoms with Crippen molar-refractivity contribution < 1.29 is 14.1 Å². The van der Waals surface area contributed by atoms with Crippen LogP contribution in [0.2, 0.25) is 5.02 Å². The third-order valence-corrected chi connectivity index (χ3v) is 10.3. The summed E-state index contributed by atoms with van der Waals surface area (Å²) in [5, 5.41) is 7.30. The van der Waals surface area contributed by atoms with Gasteiger partial charge in [0.25, 0.3) is 5.89 Å². The molecule has 6 heterocycles. The Morgan fingerprint density at radius 2 is 1.92 bits per heavy atom. The second-order valence-electron chi connectivity index (χ2n) is 13.3. The molecule has 0 bridgehead atoms. The summed E-state index contributed by atoms with van der Waals surface area (Å²) in [4.78, 5) is 38.2. The lowest BCUT2D eigenvalue weighted by Gasteiger charge is -2.40. The molecule has 0 N–H and O–H groups in total. The number of hydrogen-bond donors (Lipinski definition) is 0. The summed E-state index contributed by atoms with van der Waals surface area (Å²) in [6.07, 6.45) is 9.58. The van der Waals surface area contributed by atoms with E-state index >= 15 is 0 Å². The first-order chi connectivity index (χ1) is 23.3. The van der Waals surface area contributed by atoms with Crippen LogP contribution in [-0.4, -0.2) is 92.7 Å². The molecule has 48 heavy (non-hydrogen) atoms. The quantitative estimate of drug-likeness (QED) is 0.179. The van der Waals surface area contributed by atoms with Crippen LogP contribution in [0.15, 0.2) is 59.3 Å². The molecule has 5 aromatic rings. The molecule has 12 heteroatoms. The zero-order chi connectivity index (χ0) is 32.8. The second kappa shape index (κ2) is 12.4. The minimum Gasteiger partial charge on any atom is -0.461 e. The lowest BCUT2D eigenvalue weighted by molar-refractivity contribution is -0.131. The van der Waals surface area contributed by atoms with Gasteiger partial charge in [-0.3, -0.25) is 14.7 Å². The second-order valence-corrected chi connectivity index (χ2v) is 13.7. The predicted molar refractivity (Wildman–Crippen MR) is 185 cm³/mol. The van der Waals surface area contributed by atoms with Crippen molar-refractivity contribution >= 4 is 51.1 Å². The van der Waals surface area contributed by atoms with Crippen LogP contribution in [0.5, 0.6) is 6.01 Å². The number of likely N-dealkylation sites (tertiary alicyclic amines) is 1. The number of carbonyl (C=O) groups is 1. The van der Waals surface area contributed by atoms with Gasteiger partial charge in [-0.2, -0.15) is 15.0 Å². The molecule has 2 aromatic carbocycles. The Kier molecular flexibility index (Phi) is 7.96. The lowest BCUT2D eigenvalue weighted by atomic mass is 9.95. The first-order valence-electron chi connectivity index (χ1n) is 16.6. The maximum absolute atomic E-state index is 12.7. The zero-order valence-electron chi connectivity index (χ0n) is 27.1. The number of ether oxygens (including phenoxy) is 1. The van der Waals surface area contributed by atoms with Gasteiger partial charge in [0.2, 0.25) is 5.91 Å². The molecule has 3 aliphatic rings. The lowest BCUT2D eigenvalue weighted by Crippen LogP contribution is -2.53. The van der Waals surface area contributed by atoms with Crippen molar-refractivity contribution in [1.29, 1.82) is 0 Å². The minimum atomic E-state index is -0.0783. The molecule has 11 nitrogen and oxygen atoms in total. The molecule has 0 radical (unpaired) electrons. The first kappa shape index (κ1) is 30.7. The molecule has 246 valence electrons. The SMILES string of the molecule is Cc1noc(/C=C/C(=O)N2CC(CN(C)c3nc(OCC45CCCN4CCC5)nc4cc(-c5cccc6cccc(Cl)c56)ncc34)C2)n1. The highest BCUT2D eigenvalue weighted by Crippen LogP contribution is 2.40. The van der Waals surface area contributed by atoms with E-state index in [1.54, 1.807) is 13.0 Å². The van der Waals surface area contributed by atoms with Crippen molar-refractivity contribution in [2.45, 2.75) is 38.1 Å². The van der Waals surface area contributed by atoms with Gasteiger partial charge < -0.3 is 19.1 Å². The normalized spacial score (nSPS) is 17.8. The van der Waals surface area contributed by atoms with E-state index in [-0.39, 0.29) is 17.4 Å². The number of carbonyl (C=O) groups excluding carboxylic acids is 1. The van der Waals surface area contributed by atoms with E-state index in [1.807, 2.05) is 48.5 Å². The highest BCUT2D eigenvalue weighted by Gasteiger charge is 2.45. The van der Waals surface area contributed by atoms with Crippen LogP contribution < -0.4 is 9.64 Å². The van der Waals surface area contributed by atoms with Gasteiger partial charge in [0.05, 0.1) is 22.1 Å². The molecular formula is C36H37ClN8O3. The van der Waals surface area contributed by atoms with E-state index in [4.69, 9.17) is 35.8 Å². The van der Waals surface area contributed by atoms with Gasteiger partial charge >= 0.3 is 6.01 Å². The Labute approximate surface area is 283 Å². The van der Waals surface area contributed by atoms with Crippen molar-refractivity contribution in [3.8, 4) is 17.3 Å². The Morgan fingerprint density at radius 3 is 2.69 bits per heavy atom. The Balaban J connectivity index is 1.06. The third-order valence-electron chi connectivity index (χ3n) is 10.0. The van der Waals surface area contributed by atoms with E-state index in [9.17, 15) is 4.79 Å². The van der Waals surface area contributed by atoms with E-state index in [0.717, 1.165) is 64.7 Å². The molecule has 0 unspecified atom stereocenters. The standard InChI is InChI=1S/C36H37ClN8O3/c1-23-39-31(48-42-23)11-12-32(46)44-20-24(21-44)19-43(2)34-27-18-38-29(26-9-3-7-25-8-4-10-28(37)33(25)26)17-30(27)40-35(41-34)47-22-36-13-5-15-45(36)16-6-14-36/h3-4,7-12,17-18,24H,5-6,13-16,19-22H2,1-2H3/b12-11+. The Bertz CT molecular complexity index is 2030. The molecule has 3 fully saturated rings. The highest BCUT2D eigenvalue weighted by molar-refractivity contribution is 6.36. The average molecular weight is 665 g/mol. The van der Waals surface area contributed by atoms with E-state index < -0.39 is 0 Å². The summed E-state index contributed by atoms with van der Waals surface area (Å²) in [7, 11) is 2.03. The fraction of sp³-hybridized carbons (Fsp3) is 0.389. The Morgan fingerprint density at radius 1 is 1.12 bits per heavy atom. The van der Waals surface area contributed by atoms with Crippen LogP contribution in [0.4, 0.5) is 5.82 Å². The molecule has 3 aromatic heterocycles. The highest BCUT2D eigenvalue weighted by atomic mass is 35.5. The summed E-state index contributed by atoms with van der Waals surface area (Å²) in [5.41, 5.74) is 2.57. The third kappa shape index (κ3) is 5.75. The molecule has 3 saturated heterocycles. The van der Waals surface area contributed by atoms with Crippen LogP contribution in [0.25, 0.3) is 39.0 Å². The van der Waals surface area contributed by atoms with Crippen LogP contribution in [-0.2, 0) is 4.79 Å². The van der Waals surface area contributed by atoms with Crippen molar-refractivity contribution in [3.63, 3.8) is 0 Å². The van der Waals surface area contributed by atoms with E-state index in [2.05, 4.69) is 32.1 Å². The molecule has 1 amide bonds. The molecule has 0 spiro atoms. The molecular weight excluding hydrogens is 628 g/mol. The van der Waals surface area contributed by atoms with Gasteiger partial charge in [-0.1, -0.05) is 47.1 Å². The van der Waals surface area contributed by atoms with Crippen LogP contribution >= 0.6 is 11.6 Å². The number of pyridine rings is 1. The first-order valence-corrected chi connectivity index (χ1v) is 16.9. The van der Waals surface area contributed by atoms with Gasteiger partial charge in [0, 0.05) is 66.9 Å². The summed E-state index contributed by atoms with van der Waals surface area (Å²) < 4.78 is 11.6. The van der Waals surface area contributed by atoms with Gasteiger partial charge in [-0.25, -0.2) is 0 Å². The topological polar surface area (TPSA) is 114 Å². The molecule has 0 aliphatic carbocycles. The largest absolute Gasteiger partial charge is 0.461 e. The van der Waals surface area contributed by atoms with Crippen molar-refractivity contribution in [1.82, 2.24) is 34.9 Å². The molecule has 8 rings (SSSR count). The minimum absolute atomic E-state index is 0.0756. The number of anilines is 1. The Hall–Kier alpha value is -4.61. The van der Waals surface area contributed by atoms with Gasteiger partial charge in [-0.15, -0.1) is 0 Å². The fourth-order valence-corrected chi connectivity index (χ4v) is 7.91. The monoisotopic (exact) mass is 664 g/mol. The number of amides is 1. The summed E-state index contributed by atoms with van der Waals surface area (Å²) >= 11 is 6.69. The van der Waals surface area contributed by atoms with Crippen LogP contribution in [0.3, 0.4) is 0 Å². The van der Waals surface area contributed by atoms with Gasteiger partial charge in [0.1, 0.15) is 12.4 Å². The van der Waals surface area contributed by atoms with Crippen LogP contribution in [0.1, 0.15) is 37.4 Å². The maximum atomic E-state index is 12.7. The number of hydrogen-bond acceptors (Lipinski definition) is 10. The summed E-state index contributed by atoms with van der Waals surface area (Å²) in [5.74, 6) is 1.81. The molecule has 3 aliphatic heterocycles. The number of halogens is 1. The maximum Gasteiger partial charge on any atom is 0.319 e. The van der Waals surface area contributed by atoms with Gasteiger partial charge in [-0.05, 0) is 63.2 Å². The zero-order valence-corrected chi connectivity index (χ0v) is 27.9. The smallest absolute Gasteiger partial charge is 0.319 e. The number of benzene rings is 2. The van der Waals surface area contributed by atoms with Crippen LogP contribution in [0, 0.1) is 12.8 Å². The number of fused-ring (bicyclic) bond motifs is 3. The fourth-order valence-electron chi connectivity index (χ4n) is 7.63. The predicted octanol–water partition coefficient (Wildman–Crippen LogP) is 5.81. The van der Waals surface area contributed by atoms with E-state index in [0.29, 0.717) is 49.0 Å². The molecule has 0 saturated carbocycles. The number of aryl methyl sites for hydroxylation is 1. The molecule has 0 atom stereocenters. The van der Waals surface area contributed by atoms with E-state index in [1.165, 1.54) is 18.9 Å². The van der Waals surface area contributed by atoms with Crippen molar-refractivity contribution in [2.24, 2.45) is 5.92 Å². The summed E-state index contributed by atoms with van der Waals surface area (Å²) in [6.45, 7) is 6.58. The number of rotatable bonds is 9. The summed E-state index contributed by atoms with van der Waals surface area (Å²) in [6, 6.07) is 14.4. The van der Waals surface area contributed by atoms with Crippen molar-refractivity contribution in [2.75, 3.05) is 51.3 Å². The number of nitrogens with zero attached hydrogens (tertiary/aromatic N) is 8. The number of aromatic nitrogens is 5. The average Bonchev–Trinajstić information content (AvgIpc) is 3.79. The van der Waals surface area contributed by atoms with Gasteiger partial charge in [0.15, 0.2) is 5.82 Å². The van der Waals surface area contributed by atoms with Crippen molar-refractivity contribution in [3.05, 3.63) is 71.5 Å².